The zero-order valence-corrected chi connectivity index (χ0v) is 22.7. The molecule has 12 nitrogen and oxygen atoms in total. The lowest BCUT2D eigenvalue weighted by atomic mass is 10.1. The number of methoxy groups -OCH3 is 2. The largest absolute Gasteiger partial charge is 0.481 e. The lowest BCUT2D eigenvalue weighted by Crippen LogP contribution is -2.49. The van der Waals surface area contributed by atoms with E-state index in [0.29, 0.717) is 42.9 Å². The number of fused-ring (bicyclic) bond motifs is 1. The van der Waals surface area contributed by atoms with Gasteiger partial charge in [-0.15, -0.1) is 0 Å². The molecule has 1 fully saturated rings. The molecule has 0 aliphatic carbocycles. The number of piperazine rings is 1. The number of anilines is 2. The predicted molar refractivity (Wildman–Crippen MR) is 148 cm³/mol. The molecule has 0 radical (unpaired) electrons. The van der Waals surface area contributed by atoms with Crippen LogP contribution in [0.2, 0.25) is 0 Å². The van der Waals surface area contributed by atoms with E-state index in [4.69, 9.17) is 14.5 Å². The first-order chi connectivity index (χ1) is 18.9. The molecule has 4 heterocycles. The first-order valence-electron chi connectivity index (χ1n) is 12.7. The fourth-order valence-corrected chi connectivity index (χ4v) is 4.55. The Morgan fingerprint density at radius 3 is 2.33 bits per heavy atom. The molecule has 0 atom stereocenters. The van der Waals surface area contributed by atoms with Gasteiger partial charge in [-0.2, -0.15) is 9.97 Å². The van der Waals surface area contributed by atoms with Crippen molar-refractivity contribution >= 4 is 23.1 Å². The topological polar surface area (TPSA) is 113 Å². The summed E-state index contributed by atoms with van der Waals surface area (Å²) in [6, 6.07) is 9.84. The molecule has 0 saturated carbocycles. The number of aromatic nitrogens is 5. The lowest BCUT2D eigenvalue weighted by molar-refractivity contribution is -0.131. The summed E-state index contributed by atoms with van der Waals surface area (Å²) in [7, 11) is 7.15. The summed E-state index contributed by atoms with van der Waals surface area (Å²) in [6.45, 7) is 3.41. The number of amides is 1. The van der Waals surface area contributed by atoms with Gasteiger partial charge >= 0.3 is 0 Å². The van der Waals surface area contributed by atoms with Crippen molar-refractivity contribution < 1.29 is 14.3 Å². The Labute approximate surface area is 227 Å². The number of nitrogens with zero attached hydrogens (tertiary/aromatic N) is 8. The van der Waals surface area contributed by atoms with E-state index in [1.165, 1.54) is 0 Å². The Kier molecular flexibility index (Phi) is 7.73. The maximum Gasteiger partial charge on any atom is 0.242 e. The van der Waals surface area contributed by atoms with Crippen molar-refractivity contribution in [2.24, 2.45) is 0 Å². The Hall–Kier alpha value is -4.45. The molecule has 1 N–H and O–H groups in total. The zero-order valence-electron chi connectivity index (χ0n) is 22.7. The van der Waals surface area contributed by atoms with Gasteiger partial charge in [0, 0.05) is 63.9 Å². The number of carbonyl (C=O) groups excluding carboxylic acids is 1. The molecular formula is C27H33N9O3. The fourth-order valence-electron chi connectivity index (χ4n) is 4.55. The van der Waals surface area contributed by atoms with E-state index < -0.39 is 0 Å². The summed E-state index contributed by atoms with van der Waals surface area (Å²) >= 11 is 0. The van der Waals surface area contributed by atoms with E-state index in [1.807, 2.05) is 41.7 Å². The molecule has 0 spiro atoms. The SMILES string of the molecule is COc1cc(OC)nc(CN2CCN(C(=O)CNc3c(-c4ccc(N(C)C)cc4)nc4cnccn34)CC2)n1. The number of imidazole rings is 1. The van der Waals surface area contributed by atoms with E-state index in [-0.39, 0.29) is 12.5 Å². The number of ether oxygens (including phenoxy) is 2. The smallest absolute Gasteiger partial charge is 0.242 e. The molecule has 3 aromatic heterocycles. The van der Waals surface area contributed by atoms with Crippen LogP contribution in [0.5, 0.6) is 11.8 Å². The van der Waals surface area contributed by atoms with Gasteiger partial charge in [-0.05, 0) is 12.1 Å². The zero-order chi connectivity index (χ0) is 27.4. The van der Waals surface area contributed by atoms with Crippen LogP contribution in [0.1, 0.15) is 5.82 Å². The number of rotatable bonds is 9. The predicted octanol–water partition coefficient (Wildman–Crippen LogP) is 2.03. The second kappa shape index (κ2) is 11.5. The summed E-state index contributed by atoms with van der Waals surface area (Å²) in [5.41, 5.74) is 3.55. The third-order valence-electron chi connectivity index (χ3n) is 6.73. The van der Waals surface area contributed by atoms with Gasteiger partial charge in [-0.3, -0.25) is 19.1 Å². The van der Waals surface area contributed by atoms with Gasteiger partial charge in [0.2, 0.25) is 17.7 Å². The molecule has 0 bridgehead atoms. The Morgan fingerprint density at radius 2 is 1.69 bits per heavy atom. The molecule has 12 heteroatoms. The average molecular weight is 532 g/mol. The molecule has 1 amide bonds. The van der Waals surface area contributed by atoms with Crippen molar-refractivity contribution in [2.45, 2.75) is 6.54 Å². The number of benzene rings is 1. The van der Waals surface area contributed by atoms with Crippen molar-refractivity contribution in [1.82, 2.24) is 34.1 Å². The summed E-state index contributed by atoms with van der Waals surface area (Å²) in [4.78, 5) is 37.1. The average Bonchev–Trinajstić information content (AvgIpc) is 3.34. The molecule has 1 aliphatic rings. The minimum atomic E-state index is 0.0341. The molecule has 1 aromatic carbocycles. The van der Waals surface area contributed by atoms with E-state index in [1.54, 1.807) is 32.7 Å². The van der Waals surface area contributed by atoms with Crippen molar-refractivity contribution in [1.29, 1.82) is 0 Å². The Balaban J connectivity index is 1.23. The van der Waals surface area contributed by atoms with E-state index in [9.17, 15) is 4.79 Å². The Bertz CT molecular complexity index is 1410. The number of hydrogen-bond donors (Lipinski definition) is 1. The number of hydrogen-bond acceptors (Lipinski definition) is 10. The van der Waals surface area contributed by atoms with Crippen LogP contribution in [0.15, 0.2) is 48.9 Å². The maximum absolute atomic E-state index is 13.2. The monoisotopic (exact) mass is 531 g/mol. The molecule has 1 aliphatic heterocycles. The van der Waals surface area contributed by atoms with Gasteiger partial charge in [0.25, 0.3) is 0 Å². The van der Waals surface area contributed by atoms with E-state index in [2.05, 4.69) is 42.2 Å². The van der Waals surface area contributed by atoms with Crippen LogP contribution in [0.25, 0.3) is 16.9 Å². The fraction of sp³-hybridized carbons (Fsp3) is 0.370. The maximum atomic E-state index is 13.2. The summed E-state index contributed by atoms with van der Waals surface area (Å²) in [6.07, 6.45) is 5.27. The minimum Gasteiger partial charge on any atom is -0.481 e. The van der Waals surface area contributed by atoms with Crippen LogP contribution in [0, 0.1) is 0 Å². The van der Waals surface area contributed by atoms with Crippen molar-refractivity contribution in [3.8, 4) is 23.0 Å². The van der Waals surface area contributed by atoms with E-state index in [0.717, 1.165) is 35.9 Å². The molecule has 1 saturated heterocycles. The van der Waals surface area contributed by atoms with Gasteiger partial charge < -0.3 is 24.6 Å². The number of carbonyl (C=O) groups is 1. The highest BCUT2D eigenvalue weighted by atomic mass is 16.5. The Morgan fingerprint density at radius 1 is 1.00 bits per heavy atom. The minimum absolute atomic E-state index is 0.0341. The second-order valence-electron chi connectivity index (χ2n) is 9.43. The highest BCUT2D eigenvalue weighted by Gasteiger charge is 2.23. The first kappa shape index (κ1) is 26.2. The highest BCUT2D eigenvalue weighted by Crippen LogP contribution is 2.30. The molecular weight excluding hydrogens is 498 g/mol. The third-order valence-corrected chi connectivity index (χ3v) is 6.73. The van der Waals surface area contributed by atoms with Crippen LogP contribution >= 0.6 is 0 Å². The van der Waals surface area contributed by atoms with Gasteiger partial charge in [-0.1, -0.05) is 12.1 Å². The first-order valence-corrected chi connectivity index (χ1v) is 12.7. The van der Waals surface area contributed by atoms with E-state index >= 15 is 0 Å². The van der Waals surface area contributed by atoms with Crippen LogP contribution in [0.4, 0.5) is 11.5 Å². The lowest BCUT2D eigenvalue weighted by Gasteiger charge is -2.34. The quantitative estimate of drug-likeness (QED) is 0.344. The van der Waals surface area contributed by atoms with Gasteiger partial charge in [0.15, 0.2) is 5.65 Å². The number of nitrogens with one attached hydrogen (secondary N) is 1. The van der Waals surface area contributed by atoms with Gasteiger partial charge in [0.1, 0.15) is 17.3 Å². The standard InChI is InChI=1S/C27H33N9O3/c1-33(2)20-7-5-19(6-8-20)26-27(36-10-9-28-16-22(36)32-26)29-17-25(37)35-13-11-34(12-14-35)18-21-30-23(38-3)15-24(31-21)39-4/h5-10,15-16,29H,11-14,17-18H2,1-4H3. The van der Waals surface area contributed by atoms with Crippen LogP contribution in [-0.2, 0) is 11.3 Å². The van der Waals surface area contributed by atoms with Crippen LogP contribution in [-0.4, -0.2) is 101 Å². The van der Waals surface area contributed by atoms with Gasteiger partial charge in [0.05, 0.1) is 39.6 Å². The van der Waals surface area contributed by atoms with Crippen molar-refractivity contribution in [3.63, 3.8) is 0 Å². The van der Waals surface area contributed by atoms with Gasteiger partial charge in [-0.25, -0.2) is 4.98 Å². The summed E-state index contributed by atoms with van der Waals surface area (Å²) in [5, 5.41) is 3.36. The van der Waals surface area contributed by atoms with Crippen molar-refractivity contribution in [2.75, 3.05) is 71.3 Å². The molecule has 5 rings (SSSR count). The molecule has 0 unspecified atom stereocenters. The summed E-state index contributed by atoms with van der Waals surface area (Å²) in [5.74, 6) is 2.36. The molecule has 4 aromatic rings. The third kappa shape index (κ3) is 5.85. The van der Waals surface area contributed by atoms with Crippen molar-refractivity contribution in [3.05, 3.63) is 54.7 Å². The highest BCUT2D eigenvalue weighted by molar-refractivity contribution is 5.84. The second-order valence-corrected chi connectivity index (χ2v) is 9.43. The van der Waals surface area contributed by atoms with Crippen LogP contribution in [0.3, 0.4) is 0 Å². The normalized spacial score (nSPS) is 13.9. The molecule has 39 heavy (non-hydrogen) atoms. The van der Waals surface area contributed by atoms with Crippen LogP contribution < -0.4 is 19.7 Å². The summed E-state index contributed by atoms with van der Waals surface area (Å²) < 4.78 is 12.4. The molecule has 204 valence electrons.